The van der Waals surface area contributed by atoms with Crippen LogP contribution < -0.4 is 10.3 Å². The highest BCUT2D eigenvalue weighted by Crippen LogP contribution is 2.31. The first-order valence-electron chi connectivity index (χ1n) is 11.1. The van der Waals surface area contributed by atoms with E-state index in [0.717, 1.165) is 17.3 Å². The average Bonchev–Trinajstić information content (AvgIpc) is 2.83. The Hall–Kier alpha value is -3.60. The molecule has 0 bridgehead atoms. The first-order valence-corrected chi connectivity index (χ1v) is 11.9. The number of fused-ring (bicyclic) bond motifs is 1. The van der Waals surface area contributed by atoms with Gasteiger partial charge in [0, 0.05) is 22.5 Å². The molecule has 0 aliphatic heterocycles. The van der Waals surface area contributed by atoms with Gasteiger partial charge in [0.15, 0.2) is 6.10 Å². The Morgan fingerprint density at radius 2 is 2.09 bits per heavy atom. The molecule has 10 nitrogen and oxygen atoms in total. The molecule has 2 aromatic carbocycles. The summed E-state index contributed by atoms with van der Waals surface area (Å²) in [7, 11) is 0. The lowest BCUT2D eigenvalue weighted by Gasteiger charge is -2.15. The number of nitro groups is 1. The zero-order valence-corrected chi connectivity index (χ0v) is 21.1. The molecule has 0 saturated heterocycles. The molecule has 0 spiro atoms. The zero-order valence-electron chi connectivity index (χ0n) is 19.6. The first kappa shape index (κ1) is 26.0. The number of esters is 1. The molecule has 0 N–H and O–H groups in total. The van der Waals surface area contributed by atoms with Crippen molar-refractivity contribution in [3.63, 3.8) is 0 Å². The molecule has 11 heteroatoms. The third kappa shape index (κ3) is 6.10. The van der Waals surface area contributed by atoms with Gasteiger partial charge < -0.3 is 9.47 Å². The van der Waals surface area contributed by atoms with E-state index in [1.165, 1.54) is 29.9 Å². The molecule has 0 radical (unpaired) electrons. The lowest BCUT2D eigenvalue weighted by molar-refractivity contribution is -0.386. The number of hydrogen-bond acceptors (Lipinski definition) is 8. The second-order valence-electron chi connectivity index (χ2n) is 7.62. The van der Waals surface area contributed by atoms with Gasteiger partial charge in [-0.25, -0.2) is 9.78 Å². The topological polar surface area (TPSA) is 126 Å². The van der Waals surface area contributed by atoms with Crippen LogP contribution in [0.15, 0.2) is 50.8 Å². The molecule has 0 amide bonds. The number of aromatic nitrogens is 2. The van der Waals surface area contributed by atoms with Crippen molar-refractivity contribution in [2.24, 2.45) is 5.10 Å². The number of benzene rings is 2. The maximum absolute atomic E-state index is 13.3. The van der Waals surface area contributed by atoms with Gasteiger partial charge in [-0.05, 0) is 44.5 Å². The summed E-state index contributed by atoms with van der Waals surface area (Å²) in [4.78, 5) is 41.0. The number of carbonyl (C=O) groups is 1. The molecule has 0 fully saturated rings. The van der Waals surface area contributed by atoms with Gasteiger partial charge in [0.2, 0.25) is 5.75 Å². The normalized spacial score (nSPS) is 12.1. The highest BCUT2D eigenvalue weighted by atomic mass is 79.9. The number of nitro benzene ring substituents is 1. The van der Waals surface area contributed by atoms with Crippen molar-refractivity contribution in [2.45, 2.75) is 46.1 Å². The Bertz CT molecular complexity index is 1340. The Kier molecular flexibility index (Phi) is 8.69. The van der Waals surface area contributed by atoms with Gasteiger partial charge in [0.1, 0.15) is 5.82 Å². The third-order valence-corrected chi connectivity index (χ3v) is 5.57. The summed E-state index contributed by atoms with van der Waals surface area (Å²) in [5, 5.41) is 16.3. The molecule has 1 aromatic heterocycles. The number of carbonyl (C=O) groups excluding carboxylic acids is 1. The Labute approximate surface area is 209 Å². The summed E-state index contributed by atoms with van der Waals surface area (Å²) in [5.74, 6) is -0.340. The third-order valence-electron chi connectivity index (χ3n) is 5.08. The largest absolute Gasteiger partial charge is 0.471 e. The van der Waals surface area contributed by atoms with Gasteiger partial charge in [-0.3, -0.25) is 14.9 Å². The molecule has 35 heavy (non-hydrogen) atoms. The molecule has 0 unspecified atom stereocenters. The molecule has 0 aliphatic rings. The van der Waals surface area contributed by atoms with Crippen LogP contribution in [0.2, 0.25) is 0 Å². The van der Waals surface area contributed by atoms with E-state index in [2.05, 4.69) is 26.0 Å². The van der Waals surface area contributed by atoms with E-state index in [9.17, 15) is 19.7 Å². The van der Waals surface area contributed by atoms with Crippen LogP contribution in [0, 0.1) is 10.1 Å². The van der Waals surface area contributed by atoms with Crippen LogP contribution in [0.3, 0.4) is 0 Å². The minimum atomic E-state index is -1.09. The van der Waals surface area contributed by atoms with E-state index in [1.54, 1.807) is 25.1 Å². The zero-order chi connectivity index (χ0) is 25.5. The molecule has 3 aromatic rings. The van der Waals surface area contributed by atoms with Crippen LogP contribution in [0.25, 0.3) is 10.9 Å². The summed E-state index contributed by atoms with van der Waals surface area (Å²) in [6.45, 7) is 5.26. The van der Waals surface area contributed by atoms with E-state index in [-0.39, 0.29) is 29.2 Å². The van der Waals surface area contributed by atoms with E-state index in [1.807, 2.05) is 13.0 Å². The Balaban J connectivity index is 2.12. The highest BCUT2D eigenvalue weighted by molar-refractivity contribution is 9.10. The van der Waals surface area contributed by atoms with Crippen LogP contribution >= 0.6 is 15.9 Å². The predicted molar refractivity (Wildman–Crippen MR) is 135 cm³/mol. The predicted octanol–water partition coefficient (Wildman–Crippen LogP) is 4.62. The number of nitrogens with zero attached hydrogens (tertiary/aromatic N) is 4. The number of hydrogen-bond donors (Lipinski definition) is 0. The van der Waals surface area contributed by atoms with Crippen LogP contribution in [-0.2, 0) is 16.0 Å². The molecule has 3 rings (SSSR count). The molecule has 1 atom stereocenters. The number of unbranched alkanes of at least 4 members (excludes halogenated alkanes) is 1. The van der Waals surface area contributed by atoms with Crippen molar-refractivity contribution < 1.29 is 19.2 Å². The fourth-order valence-corrected chi connectivity index (χ4v) is 3.69. The smallest absolute Gasteiger partial charge is 0.347 e. The van der Waals surface area contributed by atoms with E-state index >= 15 is 0 Å². The Morgan fingerprint density at radius 3 is 2.77 bits per heavy atom. The molecule has 184 valence electrons. The van der Waals surface area contributed by atoms with Crippen LogP contribution in [0.4, 0.5) is 5.69 Å². The van der Waals surface area contributed by atoms with Gasteiger partial charge in [0.05, 0.1) is 28.6 Å². The van der Waals surface area contributed by atoms with Crippen LogP contribution in [-0.4, -0.2) is 39.5 Å². The van der Waals surface area contributed by atoms with Crippen molar-refractivity contribution in [2.75, 3.05) is 6.61 Å². The monoisotopic (exact) mass is 544 g/mol. The van der Waals surface area contributed by atoms with Crippen molar-refractivity contribution in [3.05, 3.63) is 72.7 Å². The van der Waals surface area contributed by atoms with Crippen molar-refractivity contribution in [3.8, 4) is 5.75 Å². The van der Waals surface area contributed by atoms with Crippen molar-refractivity contribution in [1.82, 2.24) is 9.66 Å². The van der Waals surface area contributed by atoms with E-state index in [0.29, 0.717) is 23.1 Å². The highest BCUT2D eigenvalue weighted by Gasteiger charge is 2.24. The Morgan fingerprint density at radius 1 is 1.31 bits per heavy atom. The maximum Gasteiger partial charge on any atom is 0.347 e. The van der Waals surface area contributed by atoms with Gasteiger partial charge in [-0.2, -0.15) is 9.78 Å². The van der Waals surface area contributed by atoms with Crippen molar-refractivity contribution in [1.29, 1.82) is 0 Å². The molecule has 1 heterocycles. The van der Waals surface area contributed by atoms with Gasteiger partial charge in [-0.1, -0.05) is 35.3 Å². The number of halogens is 1. The van der Waals surface area contributed by atoms with Gasteiger partial charge in [-0.15, -0.1) is 0 Å². The number of rotatable bonds is 10. The molecular formula is C24H25BrN4O6. The minimum absolute atomic E-state index is 0.145. The molecule has 0 saturated carbocycles. The molecular weight excluding hydrogens is 520 g/mol. The SMILES string of the molecule is CCCCc1nc2ccc(Br)cc2c(=O)n1N=Cc1cccc([N+](=O)[O-])c1O[C@@H](C)C(=O)OCC. The van der Waals surface area contributed by atoms with Crippen LogP contribution in [0.5, 0.6) is 5.75 Å². The summed E-state index contributed by atoms with van der Waals surface area (Å²) in [6.07, 6.45) is 2.42. The number of para-hydroxylation sites is 1. The fourth-order valence-electron chi connectivity index (χ4n) is 3.33. The summed E-state index contributed by atoms with van der Waals surface area (Å²) in [6, 6.07) is 9.52. The lowest BCUT2D eigenvalue weighted by atomic mass is 10.2. The summed E-state index contributed by atoms with van der Waals surface area (Å²) < 4.78 is 12.5. The summed E-state index contributed by atoms with van der Waals surface area (Å²) >= 11 is 3.37. The number of aryl methyl sites for hydroxylation is 1. The fraction of sp³-hybridized carbons (Fsp3) is 0.333. The average molecular weight is 545 g/mol. The minimum Gasteiger partial charge on any atom is -0.471 e. The standard InChI is InChI=1S/C24H25BrN4O6/c1-4-6-10-21-27-19-12-11-17(25)13-18(19)23(30)28(21)26-14-16-8-7-9-20(29(32)33)22(16)35-15(3)24(31)34-5-2/h7-9,11-15H,4-6,10H2,1-3H3/t15-/m0/s1. The van der Waals surface area contributed by atoms with Crippen molar-refractivity contribution >= 4 is 44.7 Å². The lowest BCUT2D eigenvalue weighted by Crippen LogP contribution is -2.27. The first-order chi connectivity index (χ1) is 16.8. The van der Waals surface area contributed by atoms with Gasteiger partial charge >= 0.3 is 11.7 Å². The summed E-state index contributed by atoms with van der Waals surface area (Å²) in [5.41, 5.74) is 0.0621. The van der Waals surface area contributed by atoms with E-state index in [4.69, 9.17) is 9.47 Å². The van der Waals surface area contributed by atoms with Gasteiger partial charge in [0.25, 0.3) is 5.56 Å². The quantitative estimate of drug-likeness (QED) is 0.157. The van der Waals surface area contributed by atoms with E-state index < -0.39 is 17.0 Å². The van der Waals surface area contributed by atoms with Crippen LogP contribution in [0.1, 0.15) is 45.0 Å². The second-order valence-corrected chi connectivity index (χ2v) is 8.53. The molecule has 0 aliphatic carbocycles. The maximum atomic E-state index is 13.3. The second kappa shape index (κ2) is 11.7. The number of ether oxygens (including phenoxy) is 2.